The highest BCUT2D eigenvalue weighted by molar-refractivity contribution is 7.09. The monoisotopic (exact) mass is 193 g/mol. The highest BCUT2D eigenvalue weighted by Crippen LogP contribution is 2.22. The van der Waals surface area contributed by atoms with Crippen molar-refractivity contribution in [2.75, 3.05) is 0 Å². The van der Waals surface area contributed by atoms with Crippen molar-refractivity contribution in [2.45, 2.75) is 31.7 Å². The molecule has 2 heteroatoms. The number of nitrogens with two attached hydrogens (primary N) is 1. The van der Waals surface area contributed by atoms with Crippen molar-refractivity contribution < 1.29 is 0 Å². The van der Waals surface area contributed by atoms with Gasteiger partial charge < -0.3 is 5.73 Å². The predicted octanol–water partition coefficient (Wildman–Crippen LogP) is 2.73. The maximum absolute atomic E-state index is 5.80. The van der Waals surface area contributed by atoms with Crippen LogP contribution in [0.2, 0.25) is 0 Å². The molecule has 0 bridgehead atoms. The lowest BCUT2D eigenvalue weighted by Gasteiger charge is -1.98. The van der Waals surface area contributed by atoms with E-state index < -0.39 is 0 Å². The van der Waals surface area contributed by atoms with Crippen LogP contribution in [0, 0.1) is 0 Å². The molecule has 0 fully saturated rings. The first kappa shape index (κ1) is 8.97. The van der Waals surface area contributed by atoms with Gasteiger partial charge in [0, 0.05) is 10.9 Å². The van der Waals surface area contributed by atoms with E-state index in [9.17, 15) is 0 Å². The normalized spacial score (nSPS) is 21.9. The van der Waals surface area contributed by atoms with E-state index in [0.29, 0.717) is 6.04 Å². The molecule has 1 aliphatic rings. The second kappa shape index (κ2) is 4.07. The zero-order chi connectivity index (χ0) is 9.10. The van der Waals surface area contributed by atoms with E-state index in [0.717, 1.165) is 6.42 Å². The lowest BCUT2D eigenvalue weighted by Crippen LogP contribution is -2.11. The van der Waals surface area contributed by atoms with Crippen LogP contribution in [0.5, 0.6) is 0 Å². The Morgan fingerprint density at radius 2 is 2.38 bits per heavy atom. The third-order valence-electron chi connectivity index (χ3n) is 2.52. The summed E-state index contributed by atoms with van der Waals surface area (Å²) in [6, 6.07) is 4.66. The van der Waals surface area contributed by atoms with Crippen molar-refractivity contribution in [1.29, 1.82) is 0 Å². The maximum atomic E-state index is 5.80. The zero-order valence-corrected chi connectivity index (χ0v) is 8.52. The maximum Gasteiger partial charge on any atom is 0.0229 e. The van der Waals surface area contributed by atoms with Crippen molar-refractivity contribution in [3.63, 3.8) is 0 Å². The van der Waals surface area contributed by atoms with E-state index >= 15 is 0 Å². The third-order valence-corrected chi connectivity index (χ3v) is 3.46. The highest BCUT2D eigenvalue weighted by atomic mass is 32.1. The Morgan fingerprint density at radius 1 is 1.46 bits per heavy atom. The average molecular weight is 193 g/mol. The molecule has 1 nitrogen and oxygen atoms in total. The van der Waals surface area contributed by atoms with Gasteiger partial charge in [0.05, 0.1) is 0 Å². The van der Waals surface area contributed by atoms with E-state index in [2.05, 4.69) is 23.6 Å². The Labute approximate surface area is 83.3 Å². The van der Waals surface area contributed by atoms with E-state index in [-0.39, 0.29) is 0 Å². The van der Waals surface area contributed by atoms with Gasteiger partial charge >= 0.3 is 0 Å². The van der Waals surface area contributed by atoms with Gasteiger partial charge in [-0.1, -0.05) is 17.7 Å². The number of aryl methyl sites for hydroxylation is 1. The summed E-state index contributed by atoms with van der Waals surface area (Å²) in [5.74, 6) is 0. The molecule has 0 saturated heterocycles. The van der Waals surface area contributed by atoms with Crippen LogP contribution in [0.4, 0.5) is 0 Å². The number of allylic oxidation sites excluding steroid dienone is 1. The van der Waals surface area contributed by atoms with Crippen LogP contribution in [0.1, 0.15) is 24.1 Å². The van der Waals surface area contributed by atoms with Crippen LogP contribution in [0.15, 0.2) is 29.2 Å². The van der Waals surface area contributed by atoms with E-state index in [1.807, 2.05) is 11.3 Å². The first-order valence-electron chi connectivity index (χ1n) is 4.82. The quantitative estimate of drug-likeness (QED) is 0.734. The molecule has 1 aromatic heterocycles. The Bertz CT molecular complexity index is 287. The summed E-state index contributed by atoms with van der Waals surface area (Å²) >= 11 is 1.85. The average Bonchev–Trinajstić information content (AvgIpc) is 2.71. The Balaban J connectivity index is 1.83. The number of rotatable bonds is 3. The van der Waals surface area contributed by atoms with E-state index in [1.165, 1.54) is 24.1 Å². The molecule has 2 rings (SSSR count). The molecule has 1 heterocycles. The summed E-state index contributed by atoms with van der Waals surface area (Å²) in [7, 11) is 0. The lowest BCUT2D eigenvalue weighted by atomic mass is 10.1. The SMILES string of the molecule is NC1C=C(CCc2cccs2)CC1. The van der Waals surface area contributed by atoms with Crippen LogP contribution in [0.3, 0.4) is 0 Å². The fourth-order valence-corrected chi connectivity index (χ4v) is 2.48. The fourth-order valence-electron chi connectivity index (χ4n) is 1.77. The molecule has 70 valence electrons. The van der Waals surface area contributed by atoms with Crippen LogP contribution >= 0.6 is 11.3 Å². The molecule has 0 aliphatic heterocycles. The fraction of sp³-hybridized carbons (Fsp3) is 0.455. The van der Waals surface area contributed by atoms with E-state index in [1.54, 1.807) is 5.57 Å². The second-order valence-electron chi connectivity index (χ2n) is 3.61. The summed E-state index contributed by atoms with van der Waals surface area (Å²) in [6.07, 6.45) is 7.00. The molecule has 0 radical (unpaired) electrons. The van der Waals surface area contributed by atoms with Gasteiger partial charge in [0.2, 0.25) is 0 Å². The molecule has 13 heavy (non-hydrogen) atoms. The minimum absolute atomic E-state index is 0.332. The van der Waals surface area contributed by atoms with Gasteiger partial charge in [-0.25, -0.2) is 0 Å². The smallest absolute Gasteiger partial charge is 0.0229 e. The summed E-state index contributed by atoms with van der Waals surface area (Å²) in [4.78, 5) is 1.49. The Morgan fingerprint density at radius 3 is 3.00 bits per heavy atom. The van der Waals surface area contributed by atoms with E-state index in [4.69, 9.17) is 5.73 Å². The molecule has 0 saturated carbocycles. The number of hydrogen-bond acceptors (Lipinski definition) is 2. The van der Waals surface area contributed by atoms with Gasteiger partial charge in [0.1, 0.15) is 0 Å². The third kappa shape index (κ3) is 2.42. The van der Waals surface area contributed by atoms with Gasteiger partial charge in [-0.2, -0.15) is 0 Å². The van der Waals surface area contributed by atoms with Gasteiger partial charge in [-0.3, -0.25) is 0 Å². The molecule has 0 aromatic carbocycles. The molecular formula is C11H15NS. The van der Waals surface area contributed by atoms with Crippen LogP contribution in [0.25, 0.3) is 0 Å². The van der Waals surface area contributed by atoms with Crippen molar-refractivity contribution in [2.24, 2.45) is 5.73 Å². The standard InChI is InChI=1S/C11H15NS/c12-10-5-3-9(8-10)4-6-11-2-1-7-13-11/h1-2,7-8,10H,3-6,12H2. The first-order chi connectivity index (χ1) is 6.34. The molecule has 0 spiro atoms. The van der Waals surface area contributed by atoms with Gasteiger partial charge in [-0.05, 0) is 37.1 Å². The second-order valence-corrected chi connectivity index (χ2v) is 4.64. The Kier molecular flexibility index (Phi) is 2.81. The van der Waals surface area contributed by atoms with Crippen LogP contribution < -0.4 is 5.73 Å². The highest BCUT2D eigenvalue weighted by Gasteiger charge is 2.11. The molecule has 1 atom stereocenters. The van der Waals surface area contributed by atoms with Crippen LogP contribution in [-0.2, 0) is 6.42 Å². The molecule has 1 unspecified atom stereocenters. The largest absolute Gasteiger partial charge is 0.324 e. The molecular weight excluding hydrogens is 178 g/mol. The van der Waals surface area contributed by atoms with Crippen molar-refractivity contribution in [1.82, 2.24) is 0 Å². The van der Waals surface area contributed by atoms with Gasteiger partial charge in [-0.15, -0.1) is 11.3 Å². The summed E-state index contributed by atoms with van der Waals surface area (Å²) in [6.45, 7) is 0. The minimum atomic E-state index is 0.332. The molecule has 1 aromatic rings. The topological polar surface area (TPSA) is 26.0 Å². The van der Waals surface area contributed by atoms with Crippen molar-refractivity contribution in [3.05, 3.63) is 34.0 Å². The minimum Gasteiger partial charge on any atom is -0.324 e. The van der Waals surface area contributed by atoms with Crippen LogP contribution in [-0.4, -0.2) is 6.04 Å². The predicted molar refractivity (Wildman–Crippen MR) is 57.9 cm³/mol. The summed E-state index contributed by atoms with van der Waals surface area (Å²) in [5.41, 5.74) is 7.36. The van der Waals surface area contributed by atoms with Gasteiger partial charge in [0.25, 0.3) is 0 Å². The molecule has 0 amide bonds. The van der Waals surface area contributed by atoms with Crippen molar-refractivity contribution >= 4 is 11.3 Å². The molecule has 2 N–H and O–H groups in total. The number of hydrogen-bond donors (Lipinski definition) is 1. The number of thiophene rings is 1. The first-order valence-corrected chi connectivity index (χ1v) is 5.70. The summed E-state index contributed by atoms with van der Waals surface area (Å²) in [5, 5.41) is 2.14. The lowest BCUT2D eigenvalue weighted by molar-refractivity contribution is 0.763. The summed E-state index contributed by atoms with van der Waals surface area (Å²) < 4.78 is 0. The Hall–Kier alpha value is -0.600. The van der Waals surface area contributed by atoms with Crippen molar-refractivity contribution in [3.8, 4) is 0 Å². The van der Waals surface area contributed by atoms with Gasteiger partial charge in [0.15, 0.2) is 0 Å². The molecule has 1 aliphatic carbocycles. The zero-order valence-electron chi connectivity index (χ0n) is 7.70.